The molecule has 3 N–H and O–H groups in total. The zero-order valence-corrected chi connectivity index (χ0v) is 59.7. The number of nitrogens with one attached hydrogen (secondary N) is 1. The molecular formula is C82H157NO5. The van der Waals surface area contributed by atoms with Gasteiger partial charge in [-0.25, -0.2) is 0 Å². The first kappa shape index (κ1) is 86.1. The number of amides is 1. The number of hydrogen-bond donors (Lipinski definition) is 3. The number of aliphatic hydroxyl groups is 2. The van der Waals surface area contributed by atoms with Crippen molar-refractivity contribution >= 4 is 11.9 Å². The molecule has 0 fully saturated rings. The van der Waals surface area contributed by atoms with Crippen LogP contribution in [0.5, 0.6) is 0 Å². The van der Waals surface area contributed by atoms with Gasteiger partial charge in [0.2, 0.25) is 5.91 Å². The first-order valence-electron chi connectivity index (χ1n) is 40.2. The molecule has 0 saturated carbocycles. The van der Waals surface area contributed by atoms with Crippen LogP contribution >= 0.6 is 0 Å². The molecule has 2 atom stereocenters. The number of aliphatic hydroxyl groups excluding tert-OH is 2. The molecule has 88 heavy (non-hydrogen) atoms. The van der Waals surface area contributed by atoms with Crippen LogP contribution in [0, 0.1) is 0 Å². The Labute approximate surface area is 551 Å². The molecule has 0 aliphatic carbocycles. The Balaban J connectivity index is 3.38. The summed E-state index contributed by atoms with van der Waals surface area (Å²) in [6, 6.07) is -0.543. The maximum Gasteiger partial charge on any atom is 0.305 e. The van der Waals surface area contributed by atoms with Crippen LogP contribution in [0.3, 0.4) is 0 Å². The summed E-state index contributed by atoms with van der Waals surface area (Å²) < 4.78 is 5.51. The summed E-state index contributed by atoms with van der Waals surface area (Å²) in [6.45, 7) is 5.00. The molecule has 0 saturated heterocycles. The number of carbonyl (C=O) groups is 2. The second-order valence-corrected chi connectivity index (χ2v) is 27.7. The van der Waals surface area contributed by atoms with Crippen LogP contribution in [-0.4, -0.2) is 47.4 Å². The number of rotatable bonds is 76. The maximum atomic E-state index is 12.6. The van der Waals surface area contributed by atoms with Crippen LogP contribution in [0.1, 0.15) is 450 Å². The maximum absolute atomic E-state index is 12.6. The molecule has 0 aromatic rings. The third-order valence-electron chi connectivity index (χ3n) is 18.9. The van der Waals surface area contributed by atoms with E-state index in [9.17, 15) is 19.8 Å². The first-order valence-corrected chi connectivity index (χ1v) is 40.2. The second kappa shape index (κ2) is 77.5. The minimum atomic E-state index is -0.666. The number of hydrogen-bond acceptors (Lipinski definition) is 5. The fourth-order valence-electron chi connectivity index (χ4n) is 12.8. The molecule has 520 valence electrons. The molecule has 0 aliphatic heterocycles. The van der Waals surface area contributed by atoms with Crippen molar-refractivity contribution in [1.29, 1.82) is 0 Å². The van der Waals surface area contributed by atoms with Gasteiger partial charge in [-0.3, -0.25) is 9.59 Å². The molecule has 0 bridgehead atoms. The number of ether oxygens (including phenoxy) is 1. The smallest absolute Gasteiger partial charge is 0.305 e. The van der Waals surface area contributed by atoms with Crippen LogP contribution in [0.2, 0.25) is 0 Å². The van der Waals surface area contributed by atoms with E-state index < -0.39 is 12.1 Å². The van der Waals surface area contributed by atoms with Gasteiger partial charge in [0.15, 0.2) is 0 Å². The third kappa shape index (κ3) is 73.1. The Morgan fingerprint density at radius 1 is 0.318 bits per heavy atom. The number of esters is 1. The molecule has 2 unspecified atom stereocenters. The van der Waals surface area contributed by atoms with Crippen molar-refractivity contribution < 1.29 is 24.5 Å². The zero-order chi connectivity index (χ0) is 63.5. The molecule has 1 amide bonds. The monoisotopic (exact) mass is 1240 g/mol. The van der Waals surface area contributed by atoms with E-state index in [4.69, 9.17) is 4.74 Å². The van der Waals surface area contributed by atoms with Crippen LogP contribution in [0.25, 0.3) is 0 Å². The molecule has 0 radical (unpaired) electrons. The summed E-state index contributed by atoms with van der Waals surface area (Å²) in [4.78, 5) is 24.7. The van der Waals surface area contributed by atoms with E-state index >= 15 is 0 Å². The van der Waals surface area contributed by atoms with Crippen molar-refractivity contribution in [1.82, 2.24) is 5.32 Å². The average Bonchev–Trinajstić information content (AvgIpc) is 3.58. The minimum Gasteiger partial charge on any atom is -0.466 e. The fourth-order valence-corrected chi connectivity index (χ4v) is 12.8. The van der Waals surface area contributed by atoms with Gasteiger partial charge in [-0.1, -0.05) is 391 Å². The van der Waals surface area contributed by atoms with Gasteiger partial charge >= 0.3 is 5.97 Å². The normalized spacial score (nSPS) is 12.6. The largest absolute Gasteiger partial charge is 0.466 e. The predicted octanol–water partition coefficient (Wildman–Crippen LogP) is 26.6. The van der Waals surface area contributed by atoms with E-state index in [1.54, 1.807) is 0 Å². The third-order valence-corrected chi connectivity index (χ3v) is 18.9. The van der Waals surface area contributed by atoms with Crippen LogP contribution in [0.4, 0.5) is 0 Å². The standard InChI is InChI=1S/C82H157NO5/c1-3-5-7-9-11-13-15-17-19-21-23-24-36-39-42-46-50-54-58-62-66-70-74-80(85)79(78-84)83-81(86)75-71-67-63-59-55-51-47-43-40-37-34-32-30-28-26-25-27-29-31-33-35-38-41-45-49-53-57-61-65-69-73-77-88-82(87)76-72-68-64-60-56-52-48-44-22-20-18-16-14-12-10-8-6-4-2/h20,22,27,29,33,35,79-80,84-85H,3-19,21,23-26,28,30-32,34,36-78H2,1-2H3,(H,83,86)/b22-20-,29-27-,35-33-. The first-order chi connectivity index (χ1) is 43.5. The molecule has 0 spiro atoms. The van der Waals surface area contributed by atoms with Gasteiger partial charge in [-0.05, 0) is 83.5 Å². The van der Waals surface area contributed by atoms with Crippen molar-refractivity contribution in [3.63, 3.8) is 0 Å². The zero-order valence-electron chi connectivity index (χ0n) is 59.7. The molecule has 0 aromatic carbocycles. The highest BCUT2D eigenvalue weighted by molar-refractivity contribution is 5.76. The lowest BCUT2D eigenvalue weighted by atomic mass is 10.0. The van der Waals surface area contributed by atoms with E-state index in [-0.39, 0.29) is 18.5 Å². The lowest BCUT2D eigenvalue weighted by Gasteiger charge is -2.22. The van der Waals surface area contributed by atoms with Gasteiger partial charge in [0.25, 0.3) is 0 Å². The summed E-state index contributed by atoms with van der Waals surface area (Å²) in [5, 5.41) is 23.5. The van der Waals surface area contributed by atoms with Crippen LogP contribution in [-0.2, 0) is 14.3 Å². The van der Waals surface area contributed by atoms with Crippen molar-refractivity contribution in [3.8, 4) is 0 Å². The van der Waals surface area contributed by atoms with E-state index in [0.29, 0.717) is 25.9 Å². The van der Waals surface area contributed by atoms with Gasteiger partial charge in [0.1, 0.15) is 0 Å². The average molecular weight is 1240 g/mol. The van der Waals surface area contributed by atoms with Crippen molar-refractivity contribution in [2.75, 3.05) is 13.2 Å². The van der Waals surface area contributed by atoms with Crippen LogP contribution in [0.15, 0.2) is 36.5 Å². The molecule has 0 aromatic heterocycles. The molecule has 6 heteroatoms. The number of unbranched alkanes of at least 4 members (excludes halogenated alkanes) is 59. The molecule has 0 rings (SSSR count). The Bertz CT molecular complexity index is 1430. The van der Waals surface area contributed by atoms with Crippen molar-refractivity contribution in [2.45, 2.75) is 463 Å². The van der Waals surface area contributed by atoms with Crippen molar-refractivity contribution in [2.24, 2.45) is 0 Å². The van der Waals surface area contributed by atoms with Gasteiger partial charge < -0.3 is 20.3 Å². The Morgan fingerprint density at radius 2 is 0.568 bits per heavy atom. The second-order valence-electron chi connectivity index (χ2n) is 27.7. The molecule has 0 aliphatic rings. The molecular weight excluding hydrogens is 1080 g/mol. The van der Waals surface area contributed by atoms with E-state index in [2.05, 4.69) is 55.6 Å². The summed E-state index contributed by atoms with van der Waals surface area (Å²) in [7, 11) is 0. The lowest BCUT2D eigenvalue weighted by Crippen LogP contribution is -2.45. The predicted molar refractivity (Wildman–Crippen MR) is 389 cm³/mol. The SMILES string of the molecule is CCCCCCCCC/C=C\CCCCCCCCCC(=O)OCCCCCCCCCCC/C=C\C/C=C\CCCCCCCCCCCCCCCCCC(=O)NC(CO)C(O)CCCCCCCCCCCCCCCCCCCCCCCC. The Kier molecular flexibility index (Phi) is 75.8. The van der Waals surface area contributed by atoms with E-state index in [1.807, 2.05) is 0 Å². The summed E-state index contributed by atoms with van der Waals surface area (Å²) >= 11 is 0. The fraction of sp³-hybridized carbons (Fsp3) is 0.902. The number of allylic oxidation sites excluding steroid dienone is 6. The molecule has 0 heterocycles. The van der Waals surface area contributed by atoms with Crippen molar-refractivity contribution in [3.05, 3.63) is 36.5 Å². The van der Waals surface area contributed by atoms with Gasteiger partial charge in [0.05, 0.1) is 25.4 Å². The highest BCUT2D eigenvalue weighted by atomic mass is 16.5. The minimum absolute atomic E-state index is 0.0112. The summed E-state index contributed by atoms with van der Waals surface area (Å²) in [5.41, 5.74) is 0. The molecule has 6 nitrogen and oxygen atoms in total. The quantitative estimate of drug-likeness (QED) is 0.0320. The highest BCUT2D eigenvalue weighted by Gasteiger charge is 2.20. The van der Waals surface area contributed by atoms with Gasteiger partial charge in [-0.15, -0.1) is 0 Å². The Morgan fingerprint density at radius 3 is 0.875 bits per heavy atom. The topological polar surface area (TPSA) is 95.9 Å². The van der Waals surface area contributed by atoms with Gasteiger partial charge in [-0.2, -0.15) is 0 Å². The van der Waals surface area contributed by atoms with Gasteiger partial charge in [0, 0.05) is 12.8 Å². The summed E-state index contributed by atoms with van der Waals surface area (Å²) in [5.74, 6) is -0.0181. The lowest BCUT2D eigenvalue weighted by molar-refractivity contribution is -0.143. The van der Waals surface area contributed by atoms with Crippen LogP contribution < -0.4 is 5.32 Å². The van der Waals surface area contributed by atoms with E-state index in [0.717, 1.165) is 51.4 Å². The number of carbonyl (C=O) groups excluding carboxylic acids is 2. The Hall–Kier alpha value is -1.92. The summed E-state index contributed by atoms with van der Waals surface area (Å²) in [6.07, 6.45) is 101. The van der Waals surface area contributed by atoms with E-state index in [1.165, 1.54) is 366 Å². The highest BCUT2D eigenvalue weighted by Crippen LogP contribution is 2.20.